The molecule has 3 saturated heterocycles. The molecule has 3 fully saturated rings. The first kappa shape index (κ1) is 38.1. The van der Waals surface area contributed by atoms with E-state index in [0.29, 0.717) is 84.3 Å². The number of carbonyl (C=O) groups excluding carboxylic acids is 4. The number of piperazine rings is 1. The Bertz CT molecular complexity index is 2070. The first-order valence-corrected chi connectivity index (χ1v) is 19.3. The van der Waals surface area contributed by atoms with E-state index in [0.717, 1.165) is 37.3 Å². The number of para-hydroxylation sites is 1. The number of carbonyl (C=O) groups is 4. The van der Waals surface area contributed by atoms with Crippen LogP contribution in [-0.2, 0) is 14.4 Å². The molecule has 13 nitrogen and oxygen atoms in total. The fraction of sp³-hybridized carbons (Fsp3) is 0.350. The Labute approximate surface area is 329 Å². The highest BCUT2D eigenvalue weighted by Crippen LogP contribution is 2.33. The Morgan fingerprint density at radius 3 is 2.31 bits per heavy atom. The maximum atomic E-state index is 13.3. The van der Waals surface area contributed by atoms with Gasteiger partial charge in [-0.3, -0.25) is 29.4 Å². The van der Waals surface area contributed by atoms with E-state index in [9.17, 15) is 19.2 Å². The molecule has 0 radical (unpaired) electrons. The normalized spacial score (nSPS) is 18.1. The summed E-state index contributed by atoms with van der Waals surface area (Å²) in [6, 6.07) is 20.7. The Kier molecular flexibility index (Phi) is 11.8. The minimum atomic E-state index is -0.401. The molecule has 1 aromatic heterocycles. The Morgan fingerprint density at radius 2 is 1.60 bits per heavy atom. The zero-order valence-corrected chi connectivity index (χ0v) is 32.0. The van der Waals surface area contributed by atoms with Gasteiger partial charge in [-0.2, -0.15) is 4.98 Å². The molecule has 4 aromatic rings. The summed E-state index contributed by atoms with van der Waals surface area (Å²) >= 11 is 13.1. The van der Waals surface area contributed by atoms with Crippen molar-refractivity contribution in [2.24, 2.45) is 0 Å². The number of rotatable bonds is 11. The summed E-state index contributed by atoms with van der Waals surface area (Å²) in [5, 5.41) is 12.7. The topological polar surface area (TPSA) is 152 Å². The van der Waals surface area contributed by atoms with Gasteiger partial charge >= 0.3 is 0 Å². The van der Waals surface area contributed by atoms with Crippen LogP contribution in [0, 0.1) is 0 Å². The molecule has 0 saturated carbocycles. The maximum Gasteiger partial charge on any atom is 0.249 e. The van der Waals surface area contributed by atoms with E-state index in [-0.39, 0.29) is 29.5 Å². The molecule has 1 unspecified atom stereocenters. The number of amides is 3. The van der Waals surface area contributed by atoms with Crippen LogP contribution in [0.2, 0.25) is 10.0 Å². The largest absolute Gasteiger partial charge is 0.374 e. The van der Waals surface area contributed by atoms with Gasteiger partial charge in [-0.15, -0.1) is 0 Å². The van der Waals surface area contributed by atoms with Crippen molar-refractivity contribution in [3.05, 3.63) is 94.1 Å². The summed E-state index contributed by atoms with van der Waals surface area (Å²) in [7, 11) is 0. The third kappa shape index (κ3) is 9.35. The van der Waals surface area contributed by atoms with Crippen LogP contribution in [0.3, 0.4) is 0 Å². The molecule has 286 valence electrons. The van der Waals surface area contributed by atoms with Gasteiger partial charge in [-0.1, -0.05) is 47.5 Å². The van der Waals surface area contributed by atoms with Crippen molar-refractivity contribution in [3.63, 3.8) is 0 Å². The van der Waals surface area contributed by atoms with Crippen molar-refractivity contribution in [1.82, 2.24) is 25.1 Å². The number of nitrogens with zero attached hydrogens (tertiary/aromatic N) is 5. The van der Waals surface area contributed by atoms with Crippen molar-refractivity contribution < 1.29 is 19.2 Å². The number of aromatic nitrogens is 2. The molecule has 0 spiro atoms. The first-order valence-electron chi connectivity index (χ1n) is 18.5. The summed E-state index contributed by atoms with van der Waals surface area (Å²) in [5.74, 6) is 0.629. The van der Waals surface area contributed by atoms with E-state index in [1.807, 2.05) is 41.3 Å². The predicted molar refractivity (Wildman–Crippen MR) is 215 cm³/mol. The molecule has 0 bridgehead atoms. The highest BCUT2D eigenvalue weighted by Gasteiger charge is 2.28. The van der Waals surface area contributed by atoms with E-state index in [1.54, 1.807) is 18.2 Å². The van der Waals surface area contributed by atoms with Gasteiger partial charge in [0.05, 0.1) is 29.1 Å². The third-order valence-corrected chi connectivity index (χ3v) is 11.0. The monoisotopic (exact) mass is 783 g/mol. The van der Waals surface area contributed by atoms with Gasteiger partial charge in [0.15, 0.2) is 11.6 Å². The Balaban J connectivity index is 0.861. The number of ketones is 1. The Hall–Kier alpha value is -5.24. The van der Waals surface area contributed by atoms with Crippen LogP contribution >= 0.6 is 23.2 Å². The minimum absolute atomic E-state index is 0.0800. The number of hydrogen-bond donors (Lipinski definition) is 4. The van der Waals surface area contributed by atoms with E-state index < -0.39 is 6.04 Å². The second-order valence-corrected chi connectivity index (χ2v) is 14.9. The van der Waals surface area contributed by atoms with Gasteiger partial charge in [-0.25, -0.2) is 4.98 Å². The lowest BCUT2D eigenvalue weighted by atomic mass is 9.89. The van der Waals surface area contributed by atoms with Crippen LogP contribution < -0.4 is 26.2 Å². The molecule has 3 aromatic carbocycles. The lowest BCUT2D eigenvalue weighted by Gasteiger charge is -2.38. The number of piperidine rings is 2. The summed E-state index contributed by atoms with van der Waals surface area (Å²) in [6.07, 6.45) is 4.27. The average molecular weight is 785 g/mol. The lowest BCUT2D eigenvalue weighted by molar-refractivity contribution is -0.134. The zero-order valence-electron chi connectivity index (χ0n) is 30.5. The van der Waals surface area contributed by atoms with Gasteiger partial charge in [-0.05, 0) is 93.2 Å². The van der Waals surface area contributed by atoms with Gasteiger partial charge < -0.3 is 25.8 Å². The maximum absolute atomic E-state index is 13.3. The molecule has 3 aliphatic heterocycles. The van der Waals surface area contributed by atoms with Crippen LogP contribution in [0.1, 0.15) is 54.4 Å². The number of likely N-dealkylation sites (tertiary alicyclic amines) is 1. The fourth-order valence-electron chi connectivity index (χ4n) is 7.28. The summed E-state index contributed by atoms with van der Waals surface area (Å²) in [6.45, 7) is 6.30. The summed E-state index contributed by atoms with van der Waals surface area (Å²) in [4.78, 5) is 64.2. The highest BCUT2D eigenvalue weighted by atomic mass is 35.5. The SMILES string of the molecule is CC(=O)c1ccccc1Nc1nc(Nc2ccc(N3CCN(C(=O)CN4CCC(c5ccc(NC6CCC(=O)NC6=O)cc5)CC4)CC3)cc2Cl)ncc1Cl. The molecule has 4 N–H and O–H groups in total. The minimum Gasteiger partial charge on any atom is -0.374 e. The van der Waals surface area contributed by atoms with Gasteiger partial charge in [0.25, 0.3) is 0 Å². The smallest absolute Gasteiger partial charge is 0.249 e. The quantitative estimate of drug-likeness (QED) is 0.101. The third-order valence-electron chi connectivity index (χ3n) is 10.4. The second kappa shape index (κ2) is 17.1. The lowest BCUT2D eigenvalue weighted by Crippen LogP contribution is -2.51. The Morgan fingerprint density at radius 1 is 0.855 bits per heavy atom. The molecule has 55 heavy (non-hydrogen) atoms. The zero-order chi connectivity index (χ0) is 38.5. The van der Waals surface area contributed by atoms with Gasteiger partial charge in [0, 0.05) is 49.5 Å². The van der Waals surface area contributed by atoms with Gasteiger partial charge in [0.2, 0.25) is 23.7 Å². The second-order valence-electron chi connectivity index (χ2n) is 14.1. The van der Waals surface area contributed by atoms with Crippen molar-refractivity contribution in [2.45, 2.75) is 44.6 Å². The van der Waals surface area contributed by atoms with Crippen LogP contribution in [0.25, 0.3) is 0 Å². The van der Waals surface area contributed by atoms with E-state index in [4.69, 9.17) is 23.2 Å². The standard InChI is InChI=1S/C40H43Cl2N9O4/c1-25(52)30-4-2-3-5-33(30)45-38-32(42)23-43-40(48-38)46-34-11-10-29(22-31(34)41)50-18-20-51(21-19-50)37(54)24-49-16-14-27(15-17-49)26-6-8-28(9-7-26)44-35-12-13-36(53)47-39(35)55/h2-11,22-23,27,35,44H,12-21,24H2,1H3,(H,47,53,55)(H2,43,45,46,48). The molecule has 4 heterocycles. The molecule has 15 heteroatoms. The number of imide groups is 1. The molecular weight excluding hydrogens is 741 g/mol. The van der Waals surface area contributed by atoms with E-state index in [1.165, 1.54) is 18.7 Å². The van der Waals surface area contributed by atoms with Crippen LogP contribution in [0.15, 0.2) is 72.9 Å². The van der Waals surface area contributed by atoms with Crippen LogP contribution in [0.5, 0.6) is 0 Å². The van der Waals surface area contributed by atoms with Crippen molar-refractivity contribution in [2.75, 3.05) is 66.7 Å². The number of anilines is 6. The molecule has 7 rings (SSSR count). The van der Waals surface area contributed by atoms with E-state index >= 15 is 0 Å². The van der Waals surface area contributed by atoms with Crippen molar-refractivity contribution in [1.29, 1.82) is 0 Å². The summed E-state index contributed by atoms with van der Waals surface area (Å²) < 4.78 is 0. The van der Waals surface area contributed by atoms with Crippen molar-refractivity contribution in [3.8, 4) is 0 Å². The van der Waals surface area contributed by atoms with Gasteiger partial charge in [0.1, 0.15) is 11.1 Å². The van der Waals surface area contributed by atoms with Crippen molar-refractivity contribution >= 4 is 81.2 Å². The number of benzene rings is 3. The van der Waals surface area contributed by atoms with Crippen LogP contribution in [0.4, 0.5) is 34.5 Å². The molecule has 3 amide bonds. The molecule has 1 atom stereocenters. The van der Waals surface area contributed by atoms with E-state index in [2.05, 4.69) is 53.2 Å². The predicted octanol–water partition coefficient (Wildman–Crippen LogP) is 6.22. The number of nitrogens with one attached hydrogen (secondary N) is 4. The number of hydrogen-bond acceptors (Lipinski definition) is 11. The fourth-order valence-corrected chi connectivity index (χ4v) is 7.64. The molecule has 3 aliphatic rings. The number of Topliss-reactive ketones (excluding diaryl/α,β-unsaturated/α-hetero) is 1. The molecule has 0 aliphatic carbocycles. The van der Waals surface area contributed by atoms with Crippen LogP contribution in [-0.4, -0.2) is 95.1 Å². The molecular formula is C40H43Cl2N9O4. The highest BCUT2D eigenvalue weighted by molar-refractivity contribution is 6.34. The number of halogens is 2. The summed E-state index contributed by atoms with van der Waals surface area (Å²) in [5.41, 5.74) is 4.82. The first-order chi connectivity index (χ1) is 26.6. The average Bonchev–Trinajstić information content (AvgIpc) is 3.19.